The zero-order valence-corrected chi connectivity index (χ0v) is 18.0. The van der Waals surface area contributed by atoms with Gasteiger partial charge in [0.25, 0.3) is 0 Å². The first-order valence-electron chi connectivity index (χ1n) is 9.36. The molecule has 1 amide bonds. The molecule has 9 nitrogen and oxygen atoms in total. The molecule has 10 heteroatoms. The van der Waals surface area contributed by atoms with Crippen LogP contribution in [0.5, 0.6) is 5.88 Å². The van der Waals surface area contributed by atoms with Crippen molar-refractivity contribution in [2.24, 2.45) is 10.7 Å². The smallest absolute Gasteiger partial charge is 0.232 e. The number of nitrogens with two attached hydrogens (primary N) is 1. The lowest BCUT2D eigenvalue weighted by atomic mass is 9.90. The van der Waals surface area contributed by atoms with Gasteiger partial charge in [0.1, 0.15) is 11.2 Å². The third-order valence-electron chi connectivity index (χ3n) is 4.77. The number of carbonyl (C=O) groups is 2. The van der Waals surface area contributed by atoms with E-state index in [1.54, 1.807) is 44.1 Å². The predicted octanol–water partition coefficient (Wildman–Crippen LogP) is 1.43. The molecule has 2 N–H and O–H groups in total. The fraction of sp³-hybridized carbons (Fsp3) is 0.400. The van der Waals surface area contributed by atoms with Gasteiger partial charge in [-0.15, -0.1) is 0 Å². The molecule has 0 saturated carbocycles. The quantitative estimate of drug-likeness (QED) is 0.495. The summed E-state index contributed by atoms with van der Waals surface area (Å²) in [7, 11) is 1.59. The van der Waals surface area contributed by atoms with Crippen molar-refractivity contribution in [1.29, 1.82) is 0 Å². The lowest BCUT2D eigenvalue weighted by molar-refractivity contribution is -0.128. The van der Waals surface area contributed by atoms with Crippen LogP contribution in [0.1, 0.15) is 35.1 Å². The van der Waals surface area contributed by atoms with Crippen molar-refractivity contribution in [1.82, 2.24) is 19.9 Å². The maximum atomic E-state index is 12.6. The van der Waals surface area contributed by atoms with Gasteiger partial charge in [-0.2, -0.15) is 11.8 Å². The summed E-state index contributed by atoms with van der Waals surface area (Å²) < 4.78 is 5.45. The normalized spacial score (nSPS) is 18.8. The molecule has 0 spiro atoms. The first-order valence-corrected chi connectivity index (χ1v) is 10.8. The number of Topliss-reactive ketones (excluding diaryl/α,β-unsaturated/α-hetero) is 1. The number of rotatable bonds is 8. The second-order valence-corrected chi connectivity index (χ2v) is 8.09. The number of hydrogen-bond acceptors (Lipinski definition) is 9. The Labute approximate surface area is 179 Å². The van der Waals surface area contributed by atoms with Gasteiger partial charge in [-0.1, -0.05) is 0 Å². The SMILES string of the molecule is CSCCOc1cnc(C(=O)Cc2ccnc(C3(C)CC(=O)N(C)C(N)=N3)c2)cn1. The van der Waals surface area contributed by atoms with E-state index in [0.717, 1.165) is 11.3 Å². The lowest BCUT2D eigenvalue weighted by Gasteiger charge is -2.32. The summed E-state index contributed by atoms with van der Waals surface area (Å²) in [6, 6.07) is 3.53. The van der Waals surface area contributed by atoms with E-state index in [4.69, 9.17) is 10.5 Å². The fourth-order valence-corrected chi connectivity index (χ4v) is 3.23. The monoisotopic (exact) mass is 428 g/mol. The van der Waals surface area contributed by atoms with Crippen molar-refractivity contribution < 1.29 is 14.3 Å². The summed E-state index contributed by atoms with van der Waals surface area (Å²) in [6.07, 6.45) is 6.74. The van der Waals surface area contributed by atoms with Gasteiger partial charge < -0.3 is 10.5 Å². The number of carbonyl (C=O) groups excluding carboxylic acids is 2. The van der Waals surface area contributed by atoms with Crippen molar-refractivity contribution >= 4 is 29.4 Å². The van der Waals surface area contributed by atoms with Crippen LogP contribution in [0, 0.1) is 0 Å². The molecule has 1 aliphatic heterocycles. The van der Waals surface area contributed by atoms with Crippen LogP contribution in [0.3, 0.4) is 0 Å². The molecular weight excluding hydrogens is 404 g/mol. The summed E-state index contributed by atoms with van der Waals surface area (Å²) in [5, 5.41) is 0. The van der Waals surface area contributed by atoms with E-state index in [1.807, 2.05) is 6.26 Å². The number of amides is 1. The molecule has 0 bridgehead atoms. The Morgan fingerprint density at radius 3 is 2.80 bits per heavy atom. The van der Waals surface area contributed by atoms with Gasteiger partial charge in [-0.3, -0.25) is 19.5 Å². The molecule has 1 unspecified atom stereocenters. The van der Waals surface area contributed by atoms with E-state index in [9.17, 15) is 9.59 Å². The van der Waals surface area contributed by atoms with Crippen LogP contribution < -0.4 is 10.5 Å². The second kappa shape index (κ2) is 9.21. The van der Waals surface area contributed by atoms with Crippen LogP contribution in [-0.4, -0.2) is 63.2 Å². The van der Waals surface area contributed by atoms with Gasteiger partial charge in [-0.25, -0.2) is 15.0 Å². The molecule has 0 aromatic carbocycles. The minimum absolute atomic E-state index is 0.125. The Balaban J connectivity index is 1.72. The number of aliphatic imine (C=N–C) groups is 1. The number of hydrogen-bond donors (Lipinski definition) is 1. The summed E-state index contributed by atoms with van der Waals surface area (Å²) in [4.78, 5) is 43.3. The molecule has 0 fully saturated rings. The summed E-state index contributed by atoms with van der Waals surface area (Å²) in [5.74, 6) is 1.07. The first-order chi connectivity index (χ1) is 14.3. The average molecular weight is 429 g/mol. The molecule has 3 heterocycles. The van der Waals surface area contributed by atoms with Gasteiger partial charge >= 0.3 is 0 Å². The highest BCUT2D eigenvalue weighted by Crippen LogP contribution is 2.31. The van der Waals surface area contributed by atoms with E-state index in [-0.39, 0.29) is 36.2 Å². The average Bonchev–Trinajstić information content (AvgIpc) is 2.73. The Morgan fingerprint density at radius 2 is 2.13 bits per heavy atom. The highest BCUT2D eigenvalue weighted by Gasteiger charge is 2.37. The molecular formula is C20H24N6O3S. The van der Waals surface area contributed by atoms with Gasteiger partial charge in [0, 0.05) is 25.4 Å². The van der Waals surface area contributed by atoms with Crippen LogP contribution in [-0.2, 0) is 16.8 Å². The van der Waals surface area contributed by atoms with E-state index in [2.05, 4.69) is 19.9 Å². The van der Waals surface area contributed by atoms with Crippen LogP contribution in [0.15, 0.2) is 35.7 Å². The highest BCUT2D eigenvalue weighted by molar-refractivity contribution is 7.98. The standard InChI is InChI=1S/C20H24N6O3S/c1-20(10-18(28)26(2)19(21)25-20)16-9-13(4-5-22-16)8-15(27)14-11-24-17(12-23-14)29-6-7-30-3/h4-5,9,11-12H,6-8,10H2,1-3H3,(H2,21,25). The number of ether oxygens (including phenoxy) is 1. The first kappa shape index (κ1) is 21.7. The minimum atomic E-state index is -0.873. The van der Waals surface area contributed by atoms with Gasteiger partial charge in [0.15, 0.2) is 11.7 Å². The minimum Gasteiger partial charge on any atom is -0.476 e. The molecule has 1 atom stereocenters. The Hall–Kier alpha value is -3.01. The summed E-state index contributed by atoms with van der Waals surface area (Å²) in [5.41, 5.74) is 6.59. The van der Waals surface area contributed by atoms with E-state index in [1.165, 1.54) is 17.3 Å². The van der Waals surface area contributed by atoms with Crippen LogP contribution in [0.4, 0.5) is 0 Å². The van der Waals surface area contributed by atoms with Crippen molar-refractivity contribution in [3.63, 3.8) is 0 Å². The summed E-state index contributed by atoms with van der Waals surface area (Å²) >= 11 is 1.67. The largest absolute Gasteiger partial charge is 0.476 e. The summed E-state index contributed by atoms with van der Waals surface area (Å²) in [6.45, 7) is 2.34. The fourth-order valence-electron chi connectivity index (χ4n) is 2.98. The number of nitrogens with zero attached hydrogens (tertiary/aromatic N) is 5. The van der Waals surface area contributed by atoms with E-state index < -0.39 is 5.54 Å². The molecule has 0 saturated heterocycles. The maximum Gasteiger partial charge on any atom is 0.232 e. The third-order valence-corrected chi connectivity index (χ3v) is 5.34. The van der Waals surface area contributed by atoms with Crippen LogP contribution in [0.2, 0.25) is 0 Å². The van der Waals surface area contributed by atoms with Gasteiger partial charge in [0.2, 0.25) is 11.8 Å². The van der Waals surface area contributed by atoms with Crippen LogP contribution >= 0.6 is 11.8 Å². The number of guanidine groups is 1. The number of thioether (sulfide) groups is 1. The molecule has 3 rings (SSSR count). The Bertz CT molecular complexity index is 965. The molecule has 2 aromatic rings. The van der Waals surface area contributed by atoms with E-state index >= 15 is 0 Å². The molecule has 0 aliphatic carbocycles. The van der Waals surface area contributed by atoms with Crippen molar-refractivity contribution in [3.05, 3.63) is 47.7 Å². The van der Waals surface area contributed by atoms with Crippen molar-refractivity contribution in [2.75, 3.05) is 25.7 Å². The Morgan fingerprint density at radius 1 is 1.33 bits per heavy atom. The van der Waals surface area contributed by atoms with Crippen LogP contribution in [0.25, 0.3) is 0 Å². The number of aromatic nitrogens is 3. The second-order valence-electron chi connectivity index (χ2n) is 7.10. The molecule has 0 radical (unpaired) electrons. The number of pyridine rings is 1. The zero-order chi connectivity index (χ0) is 21.7. The van der Waals surface area contributed by atoms with Gasteiger partial charge in [0.05, 0.1) is 31.1 Å². The topological polar surface area (TPSA) is 124 Å². The molecule has 2 aromatic heterocycles. The lowest BCUT2D eigenvalue weighted by Crippen LogP contribution is -2.47. The maximum absolute atomic E-state index is 12.6. The third kappa shape index (κ3) is 4.93. The van der Waals surface area contributed by atoms with Crippen molar-refractivity contribution in [3.8, 4) is 5.88 Å². The number of ketones is 1. The van der Waals surface area contributed by atoms with Crippen molar-refractivity contribution in [2.45, 2.75) is 25.3 Å². The molecule has 1 aliphatic rings. The predicted molar refractivity (Wildman–Crippen MR) is 115 cm³/mol. The van der Waals surface area contributed by atoms with E-state index in [0.29, 0.717) is 18.2 Å². The molecule has 158 valence electrons. The Kier molecular flexibility index (Phi) is 6.66. The molecule has 30 heavy (non-hydrogen) atoms. The zero-order valence-electron chi connectivity index (χ0n) is 17.2. The van der Waals surface area contributed by atoms with Gasteiger partial charge in [-0.05, 0) is 30.9 Å². The highest BCUT2D eigenvalue weighted by atomic mass is 32.2.